The number of aromatic carboxylic acids is 1. The Balaban J connectivity index is 2.27. The largest absolute Gasteiger partial charge is 0.478 e. The number of carboxylic acids is 1. The molecule has 4 nitrogen and oxygen atoms in total. The molecule has 0 aliphatic heterocycles. The van der Waals surface area contributed by atoms with Crippen molar-refractivity contribution in [2.24, 2.45) is 0 Å². The summed E-state index contributed by atoms with van der Waals surface area (Å²) in [5, 5.41) is 21.3. The number of benzene rings is 2. The summed E-state index contributed by atoms with van der Waals surface area (Å²) in [4.78, 5) is 10.9. The molecule has 2 N–H and O–H groups in total. The van der Waals surface area contributed by atoms with E-state index in [0.29, 0.717) is 16.1 Å². The van der Waals surface area contributed by atoms with Gasteiger partial charge in [0.2, 0.25) is 0 Å². The van der Waals surface area contributed by atoms with Gasteiger partial charge in [-0.25, -0.2) is 4.79 Å². The van der Waals surface area contributed by atoms with E-state index in [4.69, 9.17) is 22.0 Å². The molecule has 2 aromatic carbocycles. The van der Waals surface area contributed by atoms with E-state index in [-0.39, 0.29) is 5.56 Å². The molecule has 0 unspecified atom stereocenters. The topological polar surface area (TPSA) is 73.1 Å². The van der Waals surface area contributed by atoms with E-state index in [2.05, 4.69) is 5.32 Å². The van der Waals surface area contributed by atoms with E-state index in [1.807, 2.05) is 6.07 Å². The van der Waals surface area contributed by atoms with E-state index >= 15 is 0 Å². The quantitative estimate of drug-likeness (QED) is 0.895. The van der Waals surface area contributed by atoms with Crippen molar-refractivity contribution in [2.75, 3.05) is 5.32 Å². The average Bonchev–Trinajstić information content (AvgIpc) is 2.38. The van der Waals surface area contributed by atoms with Gasteiger partial charge in [0.25, 0.3) is 0 Å². The number of aryl methyl sites for hydroxylation is 1. The molecule has 20 heavy (non-hydrogen) atoms. The Labute approximate surface area is 121 Å². The van der Waals surface area contributed by atoms with Crippen molar-refractivity contribution in [3.05, 3.63) is 58.1 Å². The standard InChI is InChI=1S/C15H11ClN2O2/c1-9-6-11(4-5-13(9)15(19)20)18-12-3-2-10(8-17)14(16)7-12/h2-7,18H,1H3,(H,19,20). The van der Waals surface area contributed by atoms with E-state index in [1.165, 1.54) is 0 Å². The summed E-state index contributed by atoms with van der Waals surface area (Å²) >= 11 is 5.95. The Morgan fingerprint density at radius 1 is 1.25 bits per heavy atom. The maximum Gasteiger partial charge on any atom is 0.335 e. The number of anilines is 2. The minimum atomic E-state index is -0.949. The Hall–Kier alpha value is -2.51. The first-order valence-corrected chi connectivity index (χ1v) is 6.19. The number of nitriles is 1. The number of carboxylic acid groups (broad SMARTS) is 1. The van der Waals surface area contributed by atoms with E-state index in [0.717, 1.165) is 11.4 Å². The van der Waals surface area contributed by atoms with Gasteiger partial charge in [-0.05, 0) is 48.9 Å². The van der Waals surface area contributed by atoms with Crippen molar-refractivity contribution in [1.82, 2.24) is 0 Å². The van der Waals surface area contributed by atoms with Gasteiger partial charge >= 0.3 is 5.97 Å². The number of nitrogens with one attached hydrogen (secondary N) is 1. The molecule has 100 valence electrons. The van der Waals surface area contributed by atoms with Gasteiger partial charge in [-0.15, -0.1) is 0 Å². The highest BCUT2D eigenvalue weighted by molar-refractivity contribution is 6.32. The zero-order valence-corrected chi connectivity index (χ0v) is 11.4. The van der Waals surface area contributed by atoms with E-state index < -0.39 is 5.97 Å². The van der Waals surface area contributed by atoms with Crippen molar-refractivity contribution in [3.8, 4) is 6.07 Å². The van der Waals surface area contributed by atoms with Crippen LogP contribution >= 0.6 is 11.6 Å². The van der Waals surface area contributed by atoms with Crippen LogP contribution in [0.1, 0.15) is 21.5 Å². The van der Waals surface area contributed by atoms with Crippen molar-refractivity contribution < 1.29 is 9.90 Å². The van der Waals surface area contributed by atoms with Gasteiger partial charge in [-0.2, -0.15) is 5.26 Å². The van der Waals surface area contributed by atoms with E-state index in [1.54, 1.807) is 43.3 Å². The summed E-state index contributed by atoms with van der Waals surface area (Å²) in [6.45, 7) is 1.74. The minimum absolute atomic E-state index is 0.272. The van der Waals surface area contributed by atoms with Crippen molar-refractivity contribution in [1.29, 1.82) is 5.26 Å². The molecule has 0 aliphatic rings. The second kappa shape index (κ2) is 5.64. The number of hydrogen-bond acceptors (Lipinski definition) is 3. The smallest absolute Gasteiger partial charge is 0.335 e. The fraction of sp³-hybridized carbons (Fsp3) is 0.0667. The van der Waals surface area contributed by atoms with Crippen LogP contribution in [0.15, 0.2) is 36.4 Å². The molecule has 0 fully saturated rings. The predicted molar refractivity (Wildman–Crippen MR) is 77.6 cm³/mol. The van der Waals surface area contributed by atoms with Crippen molar-refractivity contribution in [3.63, 3.8) is 0 Å². The first-order valence-electron chi connectivity index (χ1n) is 5.82. The summed E-state index contributed by atoms with van der Waals surface area (Å²) in [6.07, 6.45) is 0. The Bertz CT molecular complexity index is 720. The van der Waals surface area contributed by atoms with Gasteiger partial charge in [0, 0.05) is 11.4 Å². The summed E-state index contributed by atoms with van der Waals surface area (Å²) in [7, 11) is 0. The van der Waals surface area contributed by atoms with Gasteiger partial charge in [0.05, 0.1) is 16.1 Å². The van der Waals surface area contributed by atoms with E-state index in [9.17, 15) is 4.79 Å². The third-order valence-electron chi connectivity index (χ3n) is 2.84. The van der Waals surface area contributed by atoms with Crippen molar-refractivity contribution >= 4 is 28.9 Å². The maximum absolute atomic E-state index is 10.9. The zero-order valence-electron chi connectivity index (χ0n) is 10.6. The minimum Gasteiger partial charge on any atom is -0.478 e. The Morgan fingerprint density at radius 3 is 2.45 bits per heavy atom. The molecular formula is C15H11ClN2O2. The van der Waals surface area contributed by atoms with Crippen LogP contribution in [0, 0.1) is 18.3 Å². The summed E-state index contributed by atoms with van der Waals surface area (Å²) < 4.78 is 0. The van der Waals surface area contributed by atoms with Gasteiger partial charge in [0.1, 0.15) is 6.07 Å². The van der Waals surface area contributed by atoms with Gasteiger partial charge < -0.3 is 10.4 Å². The van der Waals surface area contributed by atoms with Gasteiger partial charge in [0.15, 0.2) is 0 Å². The number of nitrogens with zero attached hydrogens (tertiary/aromatic N) is 1. The van der Waals surface area contributed by atoms with Crippen molar-refractivity contribution in [2.45, 2.75) is 6.92 Å². The Kier molecular flexibility index (Phi) is 3.92. The molecule has 0 amide bonds. The van der Waals surface area contributed by atoms with Crippen LogP contribution in [-0.2, 0) is 0 Å². The molecule has 0 atom stereocenters. The summed E-state index contributed by atoms with van der Waals surface area (Å²) in [5.41, 5.74) is 2.84. The molecule has 0 aromatic heterocycles. The molecule has 0 radical (unpaired) electrons. The summed E-state index contributed by atoms with van der Waals surface area (Å²) in [6, 6.07) is 12.0. The van der Waals surface area contributed by atoms with Crippen LogP contribution in [0.5, 0.6) is 0 Å². The highest BCUT2D eigenvalue weighted by Gasteiger charge is 2.07. The summed E-state index contributed by atoms with van der Waals surface area (Å²) in [5.74, 6) is -0.949. The Morgan fingerprint density at radius 2 is 1.90 bits per heavy atom. The molecule has 5 heteroatoms. The lowest BCUT2D eigenvalue weighted by Gasteiger charge is -2.09. The molecule has 0 saturated heterocycles. The molecular weight excluding hydrogens is 276 g/mol. The molecule has 2 rings (SSSR count). The number of rotatable bonds is 3. The molecule has 0 spiro atoms. The number of hydrogen-bond donors (Lipinski definition) is 2. The SMILES string of the molecule is Cc1cc(Nc2ccc(C#N)c(Cl)c2)ccc1C(=O)O. The first kappa shape index (κ1) is 13.9. The number of carbonyl (C=O) groups is 1. The van der Waals surface area contributed by atoms with Crippen LogP contribution in [-0.4, -0.2) is 11.1 Å². The second-order valence-electron chi connectivity index (χ2n) is 4.27. The lowest BCUT2D eigenvalue weighted by molar-refractivity contribution is 0.0696. The third-order valence-corrected chi connectivity index (χ3v) is 3.15. The second-order valence-corrected chi connectivity index (χ2v) is 4.67. The molecule has 0 bridgehead atoms. The van der Waals surface area contributed by atoms with Crippen LogP contribution in [0.4, 0.5) is 11.4 Å². The number of halogens is 1. The molecule has 0 heterocycles. The molecule has 0 saturated carbocycles. The zero-order chi connectivity index (χ0) is 14.7. The first-order chi connectivity index (χ1) is 9.51. The normalized spacial score (nSPS) is 9.85. The van der Waals surface area contributed by atoms with Gasteiger partial charge in [-0.3, -0.25) is 0 Å². The van der Waals surface area contributed by atoms with Gasteiger partial charge in [-0.1, -0.05) is 11.6 Å². The lowest BCUT2D eigenvalue weighted by Crippen LogP contribution is -2.00. The fourth-order valence-corrected chi connectivity index (χ4v) is 2.05. The maximum atomic E-state index is 10.9. The molecule has 2 aromatic rings. The van der Waals surface area contributed by atoms with Crippen LogP contribution in [0.2, 0.25) is 5.02 Å². The van der Waals surface area contributed by atoms with Crippen LogP contribution in [0.3, 0.4) is 0 Å². The fourth-order valence-electron chi connectivity index (χ4n) is 1.83. The van der Waals surface area contributed by atoms with Crippen LogP contribution in [0.25, 0.3) is 0 Å². The monoisotopic (exact) mass is 286 g/mol. The highest BCUT2D eigenvalue weighted by atomic mass is 35.5. The molecule has 0 aliphatic carbocycles. The average molecular weight is 287 g/mol. The predicted octanol–water partition coefficient (Wildman–Crippen LogP) is 3.96. The highest BCUT2D eigenvalue weighted by Crippen LogP contribution is 2.24. The van der Waals surface area contributed by atoms with Crippen LogP contribution < -0.4 is 5.32 Å². The lowest BCUT2D eigenvalue weighted by atomic mass is 10.1. The third kappa shape index (κ3) is 2.90.